The summed E-state index contributed by atoms with van der Waals surface area (Å²) in [5, 5.41) is 0. The van der Waals surface area contributed by atoms with Gasteiger partial charge in [-0.1, -0.05) is 52.7 Å². The van der Waals surface area contributed by atoms with E-state index in [4.69, 9.17) is 0 Å². The molecule has 0 aromatic heterocycles. The van der Waals surface area contributed by atoms with Gasteiger partial charge < -0.3 is 0 Å². The predicted molar refractivity (Wildman–Crippen MR) is 80.5 cm³/mol. The molecular weight excluding hydrogens is 216 g/mol. The van der Waals surface area contributed by atoms with Crippen molar-refractivity contribution >= 4 is 0 Å². The van der Waals surface area contributed by atoms with Crippen molar-refractivity contribution in [3.8, 4) is 0 Å². The van der Waals surface area contributed by atoms with Gasteiger partial charge in [0.2, 0.25) is 0 Å². The van der Waals surface area contributed by atoms with Crippen molar-refractivity contribution < 1.29 is 0 Å². The van der Waals surface area contributed by atoms with Gasteiger partial charge in [0.15, 0.2) is 0 Å². The van der Waals surface area contributed by atoms with E-state index in [9.17, 15) is 0 Å². The van der Waals surface area contributed by atoms with Crippen LogP contribution in [0.15, 0.2) is 12.2 Å². The summed E-state index contributed by atoms with van der Waals surface area (Å²) in [5.74, 6) is 3.58. The molecule has 0 heterocycles. The molecule has 2 aliphatic carbocycles. The molecule has 0 N–H and O–H groups in total. The van der Waals surface area contributed by atoms with Crippen molar-refractivity contribution in [2.75, 3.05) is 0 Å². The van der Waals surface area contributed by atoms with Crippen molar-refractivity contribution in [3.63, 3.8) is 0 Å². The molecule has 0 amide bonds. The fourth-order valence-corrected chi connectivity index (χ4v) is 4.67. The molecule has 0 unspecified atom stereocenters. The van der Waals surface area contributed by atoms with Gasteiger partial charge in [0.25, 0.3) is 0 Å². The van der Waals surface area contributed by atoms with Crippen LogP contribution in [-0.2, 0) is 0 Å². The van der Waals surface area contributed by atoms with Crippen LogP contribution < -0.4 is 0 Å². The molecule has 0 spiro atoms. The normalized spacial score (nSPS) is 38.3. The number of hydrogen-bond acceptors (Lipinski definition) is 0. The van der Waals surface area contributed by atoms with Crippen LogP contribution in [0.3, 0.4) is 0 Å². The Morgan fingerprint density at radius 1 is 1.11 bits per heavy atom. The SMILES string of the molecule is CC(C)C/C=C/[C@@H](C)[C@H]1CC[C@H]2CCCC[C@@]21C. The van der Waals surface area contributed by atoms with Gasteiger partial charge in [-0.15, -0.1) is 0 Å². The van der Waals surface area contributed by atoms with Crippen LogP contribution in [0.2, 0.25) is 0 Å². The van der Waals surface area contributed by atoms with Gasteiger partial charge in [-0.3, -0.25) is 0 Å². The van der Waals surface area contributed by atoms with Crippen LogP contribution in [-0.4, -0.2) is 0 Å². The molecule has 0 saturated heterocycles. The summed E-state index contributed by atoms with van der Waals surface area (Å²) >= 11 is 0. The Hall–Kier alpha value is -0.260. The van der Waals surface area contributed by atoms with Crippen LogP contribution in [0.5, 0.6) is 0 Å². The van der Waals surface area contributed by atoms with Crippen LogP contribution in [0, 0.1) is 29.1 Å². The van der Waals surface area contributed by atoms with E-state index in [-0.39, 0.29) is 0 Å². The van der Waals surface area contributed by atoms with E-state index in [1.807, 2.05) is 0 Å². The van der Waals surface area contributed by atoms with Gasteiger partial charge in [-0.2, -0.15) is 0 Å². The Kier molecular flexibility index (Phi) is 4.56. The molecule has 0 aromatic rings. The molecular formula is C18H32. The summed E-state index contributed by atoms with van der Waals surface area (Å²) in [6.45, 7) is 9.68. The minimum atomic E-state index is 0.667. The summed E-state index contributed by atoms with van der Waals surface area (Å²) in [6, 6.07) is 0. The lowest BCUT2D eigenvalue weighted by atomic mass is 9.63. The molecule has 0 radical (unpaired) electrons. The average Bonchev–Trinajstić information content (AvgIpc) is 2.65. The Morgan fingerprint density at radius 3 is 2.61 bits per heavy atom. The zero-order chi connectivity index (χ0) is 13.2. The standard InChI is InChI=1S/C18H32/c1-14(2)8-7-9-15(3)17-12-11-16-10-5-6-13-18(16,17)4/h7,9,14-17H,5-6,8,10-13H2,1-4H3/b9-7+/t15-,16-,17-,18+/m1/s1. The number of fused-ring (bicyclic) bond motifs is 1. The molecule has 0 heteroatoms. The first-order chi connectivity index (χ1) is 8.54. The molecule has 0 nitrogen and oxygen atoms in total. The maximum absolute atomic E-state index is 2.60. The van der Waals surface area contributed by atoms with Crippen molar-refractivity contribution in [1.29, 1.82) is 0 Å². The minimum Gasteiger partial charge on any atom is -0.0880 e. The van der Waals surface area contributed by atoms with Crippen molar-refractivity contribution in [3.05, 3.63) is 12.2 Å². The lowest BCUT2D eigenvalue weighted by Crippen LogP contribution is -2.34. The van der Waals surface area contributed by atoms with Crippen LogP contribution in [0.4, 0.5) is 0 Å². The summed E-state index contributed by atoms with van der Waals surface area (Å²) < 4.78 is 0. The van der Waals surface area contributed by atoms with Gasteiger partial charge in [-0.05, 0) is 61.2 Å². The van der Waals surface area contributed by atoms with Crippen LogP contribution >= 0.6 is 0 Å². The predicted octanol–water partition coefficient (Wildman–Crippen LogP) is 5.83. The Labute approximate surface area is 114 Å². The summed E-state index contributed by atoms with van der Waals surface area (Å²) in [4.78, 5) is 0. The molecule has 18 heavy (non-hydrogen) atoms. The van der Waals surface area contributed by atoms with Crippen LogP contribution in [0.25, 0.3) is 0 Å². The van der Waals surface area contributed by atoms with Crippen molar-refractivity contribution in [2.24, 2.45) is 29.1 Å². The second-order valence-corrected chi connectivity index (χ2v) is 7.55. The first kappa shape index (κ1) is 14.2. The van der Waals surface area contributed by atoms with Crippen molar-refractivity contribution in [2.45, 2.75) is 72.6 Å². The fourth-order valence-electron chi connectivity index (χ4n) is 4.67. The molecule has 4 atom stereocenters. The third-order valence-corrected chi connectivity index (χ3v) is 5.81. The van der Waals surface area contributed by atoms with E-state index in [0.29, 0.717) is 5.41 Å². The van der Waals surface area contributed by atoms with Gasteiger partial charge in [0.1, 0.15) is 0 Å². The van der Waals surface area contributed by atoms with E-state index in [0.717, 1.165) is 23.7 Å². The molecule has 0 aromatic carbocycles. The minimum absolute atomic E-state index is 0.667. The van der Waals surface area contributed by atoms with Gasteiger partial charge >= 0.3 is 0 Å². The van der Waals surface area contributed by atoms with E-state index < -0.39 is 0 Å². The summed E-state index contributed by atoms with van der Waals surface area (Å²) in [5.41, 5.74) is 0.667. The van der Waals surface area contributed by atoms with Gasteiger partial charge in [-0.25, -0.2) is 0 Å². The average molecular weight is 248 g/mol. The fraction of sp³-hybridized carbons (Fsp3) is 0.889. The maximum Gasteiger partial charge on any atom is -0.0228 e. The zero-order valence-electron chi connectivity index (χ0n) is 12.9. The molecule has 2 rings (SSSR count). The highest BCUT2D eigenvalue weighted by Crippen LogP contribution is 2.57. The van der Waals surface area contributed by atoms with Crippen molar-refractivity contribution in [1.82, 2.24) is 0 Å². The molecule has 104 valence electrons. The summed E-state index contributed by atoms with van der Waals surface area (Å²) in [6.07, 6.45) is 15.2. The lowest BCUT2D eigenvalue weighted by Gasteiger charge is -2.42. The van der Waals surface area contributed by atoms with E-state index >= 15 is 0 Å². The van der Waals surface area contributed by atoms with Crippen LogP contribution in [0.1, 0.15) is 72.6 Å². The van der Waals surface area contributed by atoms with E-state index in [1.54, 1.807) is 0 Å². The maximum atomic E-state index is 2.60. The van der Waals surface area contributed by atoms with E-state index in [2.05, 4.69) is 39.8 Å². The zero-order valence-corrected chi connectivity index (χ0v) is 12.9. The summed E-state index contributed by atoms with van der Waals surface area (Å²) in [7, 11) is 0. The highest BCUT2D eigenvalue weighted by atomic mass is 14.5. The Morgan fingerprint density at radius 2 is 1.89 bits per heavy atom. The smallest absolute Gasteiger partial charge is 0.0228 e. The Balaban J connectivity index is 1.98. The monoisotopic (exact) mass is 248 g/mol. The number of allylic oxidation sites excluding steroid dienone is 2. The highest BCUT2D eigenvalue weighted by molar-refractivity contribution is 5.03. The molecule has 0 bridgehead atoms. The molecule has 2 aliphatic rings. The first-order valence-electron chi connectivity index (χ1n) is 8.20. The third-order valence-electron chi connectivity index (χ3n) is 5.81. The third kappa shape index (κ3) is 2.83. The van der Waals surface area contributed by atoms with E-state index in [1.165, 1.54) is 44.9 Å². The quantitative estimate of drug-likeness (QED) is 0.549. The number of rotatable bonds is 4. The topological polar surface area (TPSA) is 0 Å². The molecule has 2 fully saturated rings. The molecule has 2 saturated carbocycles. The highest BCUT2D eigenvalue weighted by Gasteiger charge is 2.48. The van der Waals surface area contributed by atoms with Gasteiger partial charge in [0.05, 0.1) is 0 Å². The lowest BCUT2D eigenvalue weighted by molar-refractivity contribution is 0.0809. The second kappa shape index (κ2) is 5.80. The van der Waals surface area contributed by atoms with Gasteiger partial charge in [0, 0.05) is 0 Å². The molecule has 0 aliphatic heterocycles. The largest absolute Gasteiger partial charge is 0.0880 e. The Bertz CT molecular complexity index is 288. The second-order valence-electron chi connectivity index (χ2n) is 7.55. The first-order valence-corrected chi connectivity index (χ1v) is 8.20. The number of hydrogen-bond donors (Lipinski definition) is 0.